The Balaban J connectivity index is 1.99. The second-order valence-electron chi connectivity index (χ2n) is 5.23. The standard InChI is InChI=1S/C19H18FNO3/c1-2-3-4-11-23-18-10-7-15(12-17(18)20)19(22)24-16-8-5-14(13-21)6-9-16/h5-10,12H,2-4,11H2,1H3. The Labute approximate surface area is 140 Å². The van der Waals surface area contributed by atoms with Crippen molar-refractivity contribution in [3.63, 3.8) is 0 Å². The van der Waals surface area contributed by atoms with Crippen LogP contribution in [0.15, 0.2) is 42.5 Å². The molecule has 0 aromatic heterocycles. The van der Waals surface area contributed by atoms with Crippen molar-refractivity contribution in [2.75, 3.05) is 6.61 Å². The Bertz CT molecular complexity index is 735. The van der Waals surface area contributed by atoms with Gasteiger partial charge in [0.05, 0.1) is 23.8 Å². The van der Waals surface area contributed by atoms with Crippen molar-refractivity contribution >= 4 is 5.97 Å². The molecular formula is C19H18FNO3. The van der Waals surface area contributed by atoms with E-state index in [1.54, 1.807) is 0 Å². The van der Waals surface area contributed by atoms with Gasteiger partial charge in [0.2, 0.25) is 0 Å². The average Bonchev–Trinajstić information content (AvgIpc) is 2.60. The van der Waals surface area contributed by atoms with Crippen LogP contribution in [0.2, 0.25) is 0 Å². The zero-order chi connectivity index (χ0) is 17.4. The molecule has 0 heterocycles. The maximum atomic E-state index is 14.0. The highest BCUT2D eigenvalue weighted by molar-refractivity contribution is 5.91. The number of hydrogen-bond donors (Lipinski definition) is 0. The van der Waals surface area contributed by atoms with Crippen molar-refractivity contribution in [3.05, 3.63) is 59.4 Å². The molecule has 124 valence electrons. The number of halogens is 1. The minimum Gasteiger partial charge on any atom is -0.491 e. The van der Waals surface area contributed by atoms with E-state index in [1.165, 1.54) is 36.4 Å². The van der Waals surface area contributed by atoms with Crippen molar-refractivity contribution in [3.8, 4) is 17.6 Å². The van der Waals surface area contributed by atoms with Crippen LogP contribution in [0.25, 0.3) is 0 Å². The van der Waals surface area contributed by atoms with Gasteiger partial charge in [-0.15, -0.1) is 0 Å². The predicted octanol–water partition coefficient (Wildman–Crippen LogP) is 4.49. The number of carbonyl (C=O) groups is 1. The van der Waals surface area contributed by atoms with Crippen LogP contribution in [-0.4, -0.2) is 12.6 Å². The molecule has 0 saturated carbocycles. The van der Waals surface area contributed by atoms with Crippen LogP contribution in [0, 0.1) is 17.1 Å². The summed E-state index contributed by atoms with van der Waals surface area (Å²) in [4.78, 5) is 12.0. The van der Waals surface area contributed by atoms with Gasteiger partial charge in [-0.3, -0.25) is 0 Å². The number of nitriles is 1. The molecule has 0 amide bonds. The highest BCUT2D eigenvalue weighted by Crippen LogP contribution is 2.20. The second-order valence-corrected chi connectivity index (χ2v) is 5.23. The molecule has 0 bridgehead atoms. The fraction of sp³-hybridized carbons (Fsp3) is 0.263. The first kappa shape index (κ1) is 17.5. The number of carbonyl (C=O) groups excluding carboxylic acids is 1. The minimum atomic E-state index is -0.670. The molecule has 0 saturated heterocycles. The van der Waals surface area contributed by atoms with Gasteiger partial charge in [0, 0.05) is 0 Å². The quantitative estimate of drug-likeness (QED) is 0.427. The molecule has 0 fully saturated rings. The fourth-order valence-corrected chi connectivity index (χ4v) is 2.04. The summed E-state index contributed by atoms with van der Waals surface area (Å²) in [6, 6.07) is 12.1. The lowest BCUT2D eigenvalue weighted by Gasteiger charge is -2.08. The Morgan fingerprint density at radius 2 is 1.92 bits per heavy atom. The maximum Gasteiger partial charge on any atom is 0.343 e. The summed E-state index contributed by atoms with van der Waals surface area (Å²) in [6.07, 6.45) is 2.95. The van der Waals surface area contributed by atoms with E-state index in [9.17, 15) is 9.18 Å². The van der Waals surface area contributed by atoms with Gasteiger partial charge in [0.1, 0.15) is 5.75 Å². The third kappa shape index (κ3) is 4.82. The predicted molar refractivity (Wildman–Crippen MR) is 87.5 cm³/mol. The van der Waals surface area contributed by atoms with Crippen LogP contribution in [-0.2, 0) is 0 Å². The Kier molecular flexibility index (Phi) is 6.32. The zero-order valence-electron chi connectivity index (χ0n) is 13.4. The summed E-state index contributed by atoms with van der Waals surface area (Å²) in [5, 5.41) is 8.73. The third-order valence-electron chi connectivity index (χ3n) is 3.37. The number of rotatable bonds is 7. The van der Waals surface area contributed by atoms with Crippen molar-refractivity contribution in [2.24, 2.45) is 0 Å². The van der Waals surface area contributed by atoms with E-state index in [0.29, 0.717) is 17.9 Å². The van der Waals surface area contributed by atoms with Crippen LogP contribution < -0.4 is 9.47 Å². The van der Waals surface area contributed by atoms with Crippen LogP contribution in [0.1, 0.15) is 42.1 Å². The first-order chi connectivity index (χ1) is 11.6. The van der Waals surface area contributed by atoms with E-state index in [-0.39, 0.29) is 11.3 Å². The van der Waals surface area contributed by atoms with Gasteiger partial charge in [-0.2, -0.15) is 5.26 Å². The van der Waals surface area contributed by atoms with Crippen molar-refractivity contribution < 1.29 is 18.7 Å². The summed E-state index contributed by atoms with van der Waals surface area (Å²) in [5.41, 5.74) is 0.559. The molecule has 0 aliphatic carbocycles. The number of benzene rings is 2. The zero-order valence-corrected chi connectivity index (χ0v) is 13.4. The van der Waals surface area contributed by atoms with Crippen molar-refractivity contribution in [1.29, 1.82) is 5.26 Å². The summed E-state index contributed by atoms with van der Waals surface area (Å²) < 4.78 is 24.5. The van der Waals surface area contributed by atoms with Gasteiger partial charge in [0.25, 0.3) is 0 Å². The van der Waals surface area contributed by atoms with Gasteiger partial charge in [0.15, 0.2) is 11.6 Å². The van der Waals surface area contributed by atoms with E-state index in [4.69, 9.17) is 14.7 Å². The van der Waals surface area contributed by atoms with E-state index in [2.05, 4.69) is 6.92 Å². The summed E-state index contributed by atoms with van der Waals surface area (Å²) in [7, 11) is 0. The maximum absolute atomic E-state index is 14.0. The number of esters is 1. The molecule has 0 unspecified atom stereocenters. The van der Waals surface area contributed by atoms with E-state index >= 15 is 0 Å². The molecular weight excluding hydrogens is 309 g/mol. The van der Waals surface area contributed by atoms with Crippen molar-refractivity contribution in [2.45, 2.75) is 26.2 Å². The second kappa shape index (κ2) is 8.68. The highest BCUT2D eigenvalue weighted by Gasteiger charge is 2.13. The lowest BCUT2D eigenvalue weighted by atomic mass is 10.2. The fourth-order valence-electron chi connectivity index (χ4n) is 2.04. The van der Waals surface area contributed by atoms with Gasteiger partial charge in [-0.05, 0) is 48.9 Å². The molecule has 0 aliphatic rings. The Morgan fingerprint density at radius 1 is 1.17 bits per heavy atom. The molecule has 0 aliphatic heterocycles. The molecule has 2 aromatic rings. The van der Waals surface area contributed by atoms with E-state index in [0.717, 1.165) is 25.3 Å². The lowest BCUT2D eigenvalue weighted by Crippen LogP contribution is -2.09. The Morgan fingerprint density at radius 3 is 2.54 bits per heavy atom. The smallest absolute Gasteiger partial charge is 0.343 e. The number of nitrogens with zero attached hydrogens (tertiary/aromatic N) is 1. The molecule has 0 N–H and O–H groups in total. The number of ether oxygens (including phenoxy) is 2. The minimum absolute atomic E-state index is 0.0952. The summed E-state index contributed by atoms with van der Waals surface area (Å²) in [5.74, 6) is -0.850. The van der Waals surface area contributed by atoms with Crippen LogP contribution >= 0.6 is 0 Å². The van der Waals surface area contributed by atoms with Gasteiger partial charge in [-0.25, -0.2) is 9.18 Å². The topological polar surface area (TPSA) is 59.3 Å². The number of hydrogen-bond acceptors (Lipinski definition) is 4. The van der Waals surface area contributed by atoms with Gasteiger partial charge in [-0.1, -0.05) is 19.8 Å². The summed E-state index contributed by atoms with van der Waals surface area (Å²) in [6.45, 7) is 2.52. The first-order valence-electron chi connectivity index (χ1n) is 7.78. The molecule has 2 aromatic carbocycles. The van der Waals surface area contributed by atoms with Crippen LogP contribution in [0.5, 0.6) is 11.5 Å². The van der Waals surface area contributed by atoms with E-state index in [1.807, 2.05) is 6.07 Å². The van der Waals surface area contributed by atoms with Crippen LogP contribution in [0.3, 0.4) is 0 Å². The van der Waals surface area contributed by atoms with Crippen molar-refractivity contribution in [1.82, 2.24) is 0 Å². The first-order valence-corrected chi connectivity index (χ1v) is 7.78. The number of unbranched alkanes of at least 4 members (excludes halogenated alkanes) is 2. The molecule has 2 rings (SSSR count). The lowest BCUT2D eigenvalue weighted by molar-refractivity contribution is 0.0734. The largest absolute Gasteiger partial charge is 0.491 e. The Hall–Kier alpha value is -2.87. The summed E-state index contributed by atoms with van der Waals surface area (Å²) >= 11 is 0. The molecule has 0 radical (unpaired) electrons. The monoisotopic (exact) mass is 327 g/mol. The van der Waals surface area contributed by atoms with Gasteiger partial charge >= 0.3 is 5.97 Å². The van der Waals surface area contributed by atoms with Crippen LogP contribution in [0.4, 0.5) is 4.39 Å². The average molecular weight is 327 g/mol. The highest BCUT2D eigenvalue weighted by atomic mass is 19.1. The molecule has 5 heteroatoms. The van der Waals surface area contributed by atoms with E-state index < -0.39 is 11.8 Å². The molecule has 4 nitrogen and oxygen atoms in total. The van der Waals surface area contributed by atoms with Gasteiger partial charge < -0.3 is 9.47 Å². The molecule has 24 heavy (non-hydrogen) atoms. The SMILES string of the molecule is CCCCCOc1ccc(C(=O)Oc2ccc(C#N)cc2)cc1F. The normalized spacial score (nSPS) is 10.0. The molecule has 0 atom stereocenters. The third-order valence-corrected chi connectivity index (χ3v) is 3.37. The molecule has 0 spiro atoms.